The molecule has 0 spiro atoms. The van der Waals surface area contributed by atoms with Crippen LogP contribution in [-0.2, 0) is 0 Å². The van der Waals surface area contributed by atoms with Crippen molar-refractivity contribution in [1.82, 2.24) is 0 Å². The van der Waals surface area contributed by atoms with Crippen LogP contribution in [0, 0.1) is 175 Å². The molecule has 6 aromatic carbocycles. The second-order valence-corrected chi connectivity index (χ2v) is 14.0. The SMILES string of the molecule is Fc1c(F)c(F)c([B-]([NH2+][B-](c2c(F)c(F)c(F)c(F)c2F)(c2c(F)c(F)c(F)c(F)c2F)c2c(F)c(F)c(F)c(F)c2F)(c2c(F)c(F)c(F)c(F)c2F)c2c(F)c(F)c(F)c(F)c2F)c(F)c1F. The van der Waals surface area contributed by atoms with E-state index in [1.54, 1.807) is 0 Å². The topological polar surface area (TPSA) is 16.6 Å². The average Bonchev–Trinajstić information content (AvgIpc) is 3.31. The molecule has 0 aliphatic heterocycles. The Balaban J connectivity index is 2.29. The van der Waals surface area contributed by atoms with Crippen molar-refractivity contribution in [1.29, 1.82) is 0 Å². The second kappa shape index (κ2) is 17.1. The summed E-state index contributed by atoms with van der Waals surface area (Å²) < 4.78 is 470. The van der Waals surface area contributed by atoms with Crippen LogP contribution in [0.25, 0.3) is 0 Å². The molecule has 368 valence electrons. The lowest BCUT2D eigenvalue weighted by Gasteiger charge is -2.54. The molecule has 0 saturated heterocycles. The molecule has 6 rings (SSSR count). The summed E-state index contributed by atoms with van der Waals surface area (Å²) in [6, 6.07) is 0. The zero-order valence-corrected chi connectivity index (χ0v) is 31.1. The third kappa shape index (κ3) is 6.71. The molecule has 0 bridgehead atoms. The lowest BCUT2D eigenvalue weighted by molar-refractivity contribution is -0.373. The van der Waals surface area contributed by atoms with E-state index in [1.165, 1.54) is 0 Å². The van der Waals surface area contributed by atoms with Crippen molar-refractivity contribution in [2.45, 2.75) is 0 Å². The van der Waals surface area contributed by atoms with Gasteiger partial charge in [0.1, 0.15) is 69.8 Å². The summed E-state index contributed by atoms with van der Waals surface area (Å²) in [4.78, 5) is 0. The van der Waals surface area contributed by atoms with Gasteiger partial charge in [-0.05, 0) is 0 Å². The van der Waals surface area contributed by atoms with Crippen LogP contribution in [0.5, 0.6) is 0 Å². The van der Waals surface area contributed by atoms with Crippen molar-refractivity contribution in [2.75, 3.05) is 0 Å². The molecule has 0 aromatic heterocycles. The van der Waals surface area contributed by atoms with Crippen LogP contribution in [0.2, 0.25) is 0 Å². The van der Waals surface area contributed by atoms with Gasteiger partial charge in [0, 0.05) is 0 Å². The van der Waals surface area contributed by atoms with Gasteiger partial charge in [-0.25, -0.2) is 132 Å². The molecule has 0 unspecified atom stereocenters. The number of hydrogen-bond donors (Lipinski definition) is 1. The summed E-state index contributed by atoms with van der Waals surface area (Å²) in [6.07, 6.45) is -16.4. The molecule has 69 heavy (non-hydrogen) atoms. The number of quaternary nitrogens is 1. The first-order chi connectivity index (χ1) is 31.8. The number of hydrogen-bond acceptors (Lipinski definition) is 0. The summed E-state index contributed by atoms with van der Waals surface area (Å²) >= 11 is 0. The Morgan fingerprint density at radius 3 is 0.290 bits per heavy atom. The predicted octanol–water partition coefficient (Wildman–Crippen LogP) is 7.06. The maximum atomic E-state index is 16.5. The molecular formula is C36H2B2F30N-. The Kier molecular flexibility index (Phi) is 12.8. The molecule has 0 radical (unpaired) electrons. The maximum absolute atomic E-state index is 16.5. The van der Waals surface area contributed by atoms with Gasteiger partial charge in [-0.3, -0.25) is 0 Å². The summed E-state index contributed by atoms with van der Waals surface area (Å²) in [6.45, 7) is 0. The number of halogens is 30. The van der Waals surface area contributed by atoms with Crippen LogP contribution in [0.3, 0.4) is 0 Å². The lowest BCUT2D eigenvalue weighted by atomic mass is 9.13. The van der Waals surface area contributed by atoms with Crippen molar-refractivity contribution in [3.8, 4) is 0 Å². The minimum Gasteiger partial charge on any atom is -0.718 e. The molecule has 33 heteroatoms. The summed E-state index contributed by atoms with van der Waals surface area (Å²) in [5, 5.41) is -2.43. The van der Waals surface area contributed by atoms with Crippen LogP contribution in [0.4, 0.5) is 132 Å². The number of benzene rings is 6. The molecular weight excluding hydrogens is 1040 g/mol. The van der Waals surface area contributed by atoms with E-state index in [4.69, 9.17) is 0 Å². The molecule has 6 aromatic rings. The average molecular weight is 1040 g/mol. The number of nitrogens with two attached hydrogens (primary N) is 1. The van der Waals surface area contributed by atoms with Gasteiger partial charge in [-0.1, -0.05) is 32.8 Å². The van der Waals surface area contributed by atoms with Crippen LogP contribution in [-0.4, -0.2) is 12.6 Å². The predicted molar refractivity (Wildman–Crippen MR) is 169 cm³/mol. The first kappa shape index (κ1) is 51.7. The Bertz CT molecular complexity index is 2560. The molecule has 2 N–H and O–H groups in total. The Morgan fingerprint density at radius 2 is 0.203 bits per heavy atom. The van der Waals surface area contributed by atoms with Gasteiger partial charge in [0.2, 0.25) is 0 Å². The Hall–Kier alpha value is -6.69. The minimum absolute atomic E-state index is 2.43. The fourth-order valence-electron chi connectivity index (χ4n) is 8.01. The van der Waals surface area contributed by atoms with E-state index in [2.05, 4.69) is 0 Å². The van der Waals surface area contributed by atoms with Crippen LogP contribution in [0.1, 0.15) is 0 Å². The molecule has 0 saturated carbocycles. The van der Waals surface area contributed by atoms with Gasteiger partial charge >= 0.3 is 0 Å². The van der Waals surface area contributed by atoms with E-state index in [0.717, 1.165) is 0 Å². The monoisotopic (exact) mass is 1040 g/mol. The van der Waals surface area contributed by atoms with Crippen LogP contribution < -0.4 is 37.9 Å². The third-order valence-corrected chi connectivity index (χ3v) is 10.8. The van der Waals surface area contributed by atoms with E-state index in [0.29, 0.717) is 0 Å². The largest absolute Gasteiger partial charge is 0.718 e. The summed E-state index contributed by atoms with van der Waals surface area (Å²) in [5.41, 5.74) is -25.2. The Labute approximate surface area is 357 Å². The molecule has 0 aliphatic carbocycles. The fourth-order valence-corrected chi connectivity index (χ4v) is 8.01. The van der Waals surface area contributed by atoms with Gasteiger partial charge in [0.15, 0.2) is 105 Å². The van der Waals surface area contributed by atoms with Crippen molar-refractivity contribution in [3.05, 3.63) is 175 Å². The van der Waals surface area contributed by atoms with Crippen molar-refractivity contribution in [3.63, 3.8) is 0 Å². The van der Waals surface area contributed by atoms with E-state index in [-0.39, 0.29) is 0 Å². The van der Waals surface area contributed by atoms with Crippen LogP contribution >= 0.6 is 0 Å². The first-order valence-electron chi connectivity index (χ1n) is 17.1. The smallest absolute Gasteiger partial charge is 0.266 e. The molecule has 0 fully saturated rings. The van der Waals surface area contributed by atoms with Gasteiger partial charge in [0.05, 0.1) is 0 Å². The summed E-state index contributed by atoms with van der Waals surface area (Å²) in [7, 11) is 0. The zero-order chi connectivity index (χ0) is 52.5. The van der Waals surface area contributed by atoms with E-state index in [1.807, 2.05) is 0 Å². The highest BCUT2D eigenvalue weighted by Gasteiger charge is 2.60. The molecule has 0 amide bonds. The third-order valence-electron chi connectivity index (χ3n) is 10.8. The standard InChI is InChI=1S/C36H2B2F30N/c39-7-1(8(40)20(52)31(63)19(7)51)37(2-9(41)21(53)32(64)22(54)10(2)42,3-11(43)23(55)33(65)24(56)12(3)44)69-38(4-13(45)25(57)34(66)26(58)14(4)46,5-15(47)27(59)35(67)28(60)16(5)48)6-17(49)29(61)36(68)30(62)18(6)50/h69H2/q-1. The van der Waals surface area contributed by atoms with E-state index < -0.39 is 225 Å². The van der Waals surface area contributed by atoms with Crippen molar-refractivity contribution < 1.29 is 137 Å². The van der Waals surface area contributed by atoms with Crippen LogP contribution in [0.15, 0.2) is 0 Å². The van der Waals surface area contributed by atoms with Gasteiger partial charge in [-0.15, -0.1) is 0 Å². The minimum atomic E-state index is -8.20. The number of rotatable bonds is 8. The van der Waals surface area contributed by atoms with Gasteiger partial charge in [0.25, 0.3) is 12.6 Å². The van der Waals surface area contributed by atoms with Gasteiger partial charge in [-0.2, -0.15) is 0 Å². The van der Waals surface area contributed by atoms with Gasteiger partial charge < -0.3 is 5.14 Å². The van der Waals surface area contributed by atoms with Crippen molar-refractivity contribution >= 4 is 45.3 Å². The summed E-state index contributed by atoms with van der Waals surface area (Å²) in [5.74, 6) is -122. The molecule has 0 aliphatic rings. The first-order valence-corrected chi connectivity index (χ1v) is 17.1. The highest BCUT2D eigenvalue weighted by atomic mass is 19.2. The zero-order valence-electron chi connectivity index (χ0n) is 31.1. The highest BCUT2D eigenvalue weighted by molar-refractivity contribution is 7.15. The fraction of sp³-hybridized carbons (Fsp3) is 0. The lowest BCUT2D eigenvalue weighted by Crippen LogP contribution is -3.26. The molecule has 1 nitrogen and oxygen atoms in total. The van der Waals surface area contributed by atoms with E-state index in [9.17, 15) is 26.3 Å². The molecule has 0 atom stereocenters. The maximum Gasteiger partial charge on any atom is 0.266 e. The Morgan fingerprint density at radius 1 is 0.130 bits per heavy atom. The van der Waals surface area contributed by atoms with Crippen molar-refractivity contribution in [2.24, 2.45) is 0 Å². The molecule has 0 heterocycles. The van der Waals surface area contributed by atoms with E-state index >= 15 is 105 Å². The highest BCUT2D eigenvalue weighted by Crippen LogP contribution is 2.30. The quantitative estimate of drug-likeness (QED) is 0.0729. The second-order valence-electron chi connectivity index (χ2n) is 14.0. The normalized spacial score (nSPS) is 12.3.